The summed E-state index contributed by atoms with van der Waals surface area (Å²) in [5.41, 5.74) is 5.38. The van der Waals surface area contributed by atoms with E-state index >= 15 is 0 Å². The third kappa shape index (κ3) is 1.57. The van der Waals surface area contributed by atoms with Crippen LogP contribution < -0.4 is 0 Å². The zero-order chi connectivity index (χ0) is 13.0. The molecule has 1 heteroatoms. The second-order valence-electron chi connectivity index (χ2n) is 7.17. The van der Waals surface area contributed by atoms with Crippen molar-refractivity contribution in [2.45, 2.75) is 56.9 Å². The molecule has 3 atom stereocenters. The number of rotatable bonds is 0. The Balaban J connectivity index is 1.90. The summed E-state index contributed by atoms with van der Waals surface area (Å²) in [6.07, 6.45) is 8.48. The first-order chi connectivity index (χ1) is 9.21. The summed E-state index contributed by atoms with van der Waals surface area (Å²) in [7, 11) is 2.35. The van der Waals surface area contributed by atoms with Gasteiger partial charge in [-0.2, -0.15) is 0 Å². The van der Waals surface area contributed by atoms with E-state index in [2.05, 4.69) is 37.1 Å². The molecule has 1 saturated carbocycles. The first kappa shape index (κ1) is 12.0. The van der Waals surface area contributed by atoms with Crippen LogP contribution in [0.1, 0.15) is 48.8 Å². The van der Waals surface area contributed by atoms with Crippen molar-refractivity contribution in [3.63, 3.8) is 0 Å². The van der Waals surface area contributed by atoms with Crippen LogP contribution in [-0.4, -0.2) is 24.5 Å². The molecule has 2 aliphatic carbocycles. The summed E-state index contributed by atoms with van der Waals surface area (Å²) < 4.78 is 0. The minimum atomic E-state index is 0.537. The standard InChI is InChI=1S/C18H25N/c1-13-6-7-14-12-17-15-5-3-4-8-18(15,16(14)11-13)9-10-19(17)2/h6-7,11,15,17H,3-5,8-10,12H2,1-2H3/t15-,17+,18-/m1/s1. The van der Waals surface area contributed by atoms with E-state index in [4.69, 9.17) is 0 Å². The van der Waals surface area contributed by atoms with Crippen molar-refractivity contribution in [3.05, 3.63) is 34.9 Å². The van der Waals surface area contributed by atoms with Gasteiger partial charge in [-0.05, 0) is 63.2 Å². The molecule has 2 bridgehead atoms. The lowest BCUT2D eigenvalue weighted by atomic mass is 9.52. The van der Waals surface area contributed by atoms with Crippen LogP contribution in [0.3, 0.4) is 0 Å². The number of likely N-dealkylation sites (tertiary alicyclic amines) is 1. The van der Waals surface area contributed by atoms with Gasteiger partial charge in [0, 0.05) is 11.5 Å². The summed E-state index contributed by atoms with van der Waals surface area (Å²) in [6.45, 7) is 3.56. The molecule has 1 nitrogen and oxygen atoms in total. The third-order valence-corrected chi connectivity index (χ3v) is 6.27. The third-order valence-electron chi connectivity index (χ3n) is 6.27. The van der Waals surface area contributed by atoms with Gasteiger partial charge in [0.25, 0.3) is 0 Å². The molecule has 3 aliphatic rings. The highest BCUT2D eigenvalue weighted by Gasteiger charge is 2.52. The van der Waals surface area contributed by atoms with Crippen molar-refractivity contribution >= 4 is 0 Å². The van der Waals surface area contributed by atoms with Gasteiger partial charge in [0.2, 0.25) is 0 Å². The van der Waals surface area contributed by atoms with E-state index in [-0.39, 0.29) is 0 Å². The Morgan fingerprint density at radius 2 is 2.11 bits per heavy atom. The number of piperidine rings is 1. The van der Waals surface area contributed by atoms with E-state index in [1.807, 2.05) is 0 Å². The van der Waals surface area contributed by atoms with Crippen LogP contribution in [0.5, 0.6) is 0 Å². The van der Waals surface area contributed by atoms with Gasteiger partial charge >= 0.3 is 0 Å². The molecular weight excluding hydrogens is 230 g/mol. The monoisotopic (exact) mass is 255 g/mol. The van der Waals surface area contributed by atoms with Gasteiger partial charge in [0.1, 0.15) is 0 Å². The predicted molar refractivity (Wildman–Crippen MR) is 79.6 cm³/mol. The molecule has 0 N–H and O–H groups in total. The Morgan fingerprint density at radius 3 is 3.00 bits per heavy atom. The van der Waals surface area contributed by atoms with Gasteiger partial charge < -0.3 is 4.90 Å². The Labute approximate surface area is 117 Å². The number of likely N-dealkylation sites (N-methyl/N-ethyl adjacent to an activating group) is 1. The number of aryl methyl sites for hydroxylation is 1. The molecule has 1 heterocycles. The Kier molecular flexibility index (Phi) is 2.57. The van der Waals surface area contributed by atoms with Crippen LogP contribution in [0, 0.1) is 12.8 Å². The molecule has 0 spiro atoms. The van der Waals surface area contributed by atoms with E-state index < -0.39 is 0 Å². The van der Waals surface area contributed by atoms with Gasteiger partial charge in [0.05, 0.1) is 0 Å². The van der Waals surface area contributed by atoms with Crippen LogP contribution in [0.2, 0.25) is 0 Å². The van der Waals surface area contributed by atoms with Crippen molar-refractivity contribution in [2.24, 2.45) is 5.92 Å². The fourth-order valence-corrected chi connectivity index (χ4v) is 5.31. The maximum atomic E-state index is 2.65. The minimum absolute atomic E-state index is 0.537. The summed E-state index contributed by atoms with van der Waals surface area (Å²) >= 11 is 0. The highest BCUT2D eigenvalue weighted by atomic mass is 15.1. The average Bonchev–Trinajstić information content (AvgIpc) is 2.43. The van der Waals surface area contributed by atoms with Gasteiger partial charge in [-0.1, -0.05) is 36.6 Å². The van der Waals surface area contributed by atoms with Gasteiger partial charge in [-0.15, -0.1) is 0 Å². The molecule has 1 aliphatic heterocycles. The van der Waals surface area contributed by atoms with Crippen LogP contribution in [0.4, 0.5) is 0 Å². The Bertz CT molecular complexity index is 506. The van der Waals surface area contributed by atoms with E-state index in [1.165, 1.54) is 50.6 Å². The molecule has 19 heavy (non-hydrogen) atoms. The second kappa shape index (κ2) is 4.09. The first-order valence-electron chi connectivity index (χ1n) is 8.01. The summed E-state index contributed by atoms with van der Waals surface area (Å²) in [5, 5.41) is 0. The average molecular weight is 255 g/mol. The first-order valence-corrected chi connectivity index (χ1v) is 8.01. The molecule has 4 rings (SSSR count). The number of benzene rings is 1. The Hall–Kier alpha value is -0.820. The van der Waals surface area contributed by atoms with Gasteiger partial charge in [-0.3, -0.25) is 0 Å². The smallest absolute Gasteiger partial charge is 0.0169 e. The van der Waals surface area contributed by atoms with Crippen LogP contribution >= 0.6 is 0 Å². The SMILES string of the molecule is Cc1ccc2c(c1)[C@@]13CCCC[C@@H]1[C@H](C2)N(C)CC3. The highest BCUT2D eigenvalue weighted by Crippen LogP contribution is 2.55. The molecule has 1 aromatic carbocycles. The Morgan fingerprint density at radius 1 is 1.21 bits per heavy atom. The summed E-state index contributed by atoms with van der Waals surface area (Å²) in [4.78, 5) is 2.65. The quantitative estimate of drug-likeness (QED) is 0.683. The van der Waals surface area contributed by atoms with Gasteiger partial charge in [-0.25, -0.2) is 0 Å². The lowest BCUT2D eigenvalue weighted by molar-refractivity contribution is 0.00283. The second-order valence-corrected chi connectivity index (χ2v) is 7.17. The van der Waals surface area contributed by atoms with Crippen molar-refractivity contribution in [1.29, 1.82) is 0 Å². The molecule has 0 radical (unpaired) electrons. The highest BCUT2D eigenvalue weighted by molar-refractivity contribution is 5.43. The van der Waals surface area contributed by atoms with Crippen molar-refractivity contribution in [3.8, 4) is 0 Å². The van der Waals surface area contributed by atoms with Crippen molar-refractivity contribution < 1.29 is 0 Å². The number of fused-ring (bicyclic) bond motifs is 1. The minimum Gasteiger partial charge on any atom is -0.303 e. The van der Waals surface area contributed by atoms with E-state index in [1.54, 1.807) is 11.1 Å². The van der Waals surface area contributed by atoms with E-state index in [0.717, 1.165) is 12.0 Å². The molecule has 2 fully saturated rings. The van der Waals surface area contributed by atoms with E-state index in [9.17, 15) is 0 Å². The van der Waals surface area contributed by atoms with E-state index in [0.29, 0.717) is 5.41 Å². The zero-order valence-electron chi connectivity index (χ0n) is 12.3. The predicted octanol–water partition coefficient (Wildman–Crippen LogP) is 3.68. The fraction of sp³-hybridized carbons (Fsp3) is 0.667. The maximum Gasteiger partial charge on any atom is 0.0169 e. The van der Waals surface area contributed by atoms with Crippen LogP contribution in [0.15, 0.2) is 18.2 Å². The maximum absolute atomic E-state index is 2.65. The zero-order valence-corrected chi connectivity index (χ0v) is 12.3. The summed E-state index contributed by atoms with van der Waals surface area (Å²) in [6, 6.07) is 8.07. The lowest BCUT2D eigenvalue weighted by Crippen LogP contribution is -2.59. The van der Waals surface area contributed by atoms with Crippen LogP contribution in [-0.2, 0) is 11.8 Å². The number of nitrogens with zero attached hydrogens (tertiary/aromatic N) is 1. The molecule has 0 aromatic heterocycles. The lowest BCUT2D eigenvalue weighted by Gasteiger charge is -2.58. The van der Waals surface area contributed by atoms with Crippen molar-refractivity contribution in [2.75, 3.05) is 13.6 Å². The largest absolute Gasteiger partial charge is 0.303 e. The topological polar surface area (TPSA) is 3.24 Å². The molecule has 0 amide bonds. The number of hydrogen-bond acceptors (Lipinski definition) is 1. The fourth-order valence-electron chi connectivity index (χ4n) is 5.31. The van der Waals surface area contributed by atoms with Gasteiger partial charge in [0.15, 0.2) is 0 Å². The molecule has 0 unspecified atom stereocenters. The summed E-state index contributed by atoms with van der Waals surface area (Å²) in [5.74, 6) is 0.925. The molecule has 102 valence electrons. The molecule has 1 aromatic rings. The van der Waals surface area contributed by atoms with Crippen molar-refractivity contribution in [1.82, 2.24) is 4.90 Å². The molecular formula is C18H25N. The number of hydrogen-bond donors (Lipinski definition) is 0. The van der Waals surface area contributed by atoms with Crippen LogP contribution in [0.25, 0.3) is 0 Å². The normalized spacial score (nSPS) is 37.6. The molecule has 1 saturated heterocycles.